The van der Waals surface area contributed by atoms with Crippen LogP contribution >= 0.6 is 11.6 Å². The van der Waals surface area contributed by atoms with Gasteiger partial charge in [0.2, 0.25) is 11.7 Å². The zero-order chi connectivity index (χ0) is 36.6. The summed E-state index contributed by atoms with van der Waals surface area (Å²) in [5.74, 6) is 1.42. The average Bonchev–Trinajstić information content (AvgIpc) is 4.00. The van der Waals surface area contributed by atoms with E-state index in [-0.39, 0.29) is 23.6 Å². The van der Waals surface area contributed by atoms with Crippen LogP contribution in [0.25, 0.3) is 28.3 Å². The minimum Gasteiger partial charge on any atom is -0.454 e. The van der Waals surface area contributed by atoms with Crippen LogP contribution in [0.4, 0.5) is 5.69 Å². The van der Waals surface area contributed by atoms with Gasteiger partial charge in [-0.05, 0) is 75.4 Å². The van der Waals surface area contributed by atoms with Crippen LogP contribution in [0.15, 0.2) is 88.1 Å². The molecule has 5 aromatic heterocycles. The summed E-state index contributed by atoms with van der Waals surface area (Å²) < 4.78 is 14.8. The van der Waals surface area contributed by atoms with Gasteiger partial charge in [0.25, 0.3) is 11.8 Å². The normalized spacial score (nSPS) is 14.2. The lowest BCUT2D eigenvalue weighted by atomic mass is 10.1. The van der Waals surface area contributed by atoms with E-state index in [1.807, 2.05) is 51.1 Å². The lowest BCUT2D eigenvalue weighted by Gasteiger charge is -2.36. The maximum absolute atomic E-state index is 13.3. The monoisotopic (exact) mass is 731 g/mol. The first-order valence-electron chi connectivity index (χ1n) is 17.0. The maximum atomic E-state index is 13.3. The first-order chi connectivity index (χ1) is 25.7. The Balaban J connectivity index is 0.840. The second-order valence-corrected chi connectivity index (χ2v) is 13.3. The molecule has 2 aromatic carbocycles. The zero-order valence-electron chi connectivity index (χ0n) is 29.1. The topological polar surface area (TPSA) is 166 Å². The van der Waals surface area contributed by atoms with Crippen LogP contribution in [-0.4, -0.2) is 87.5 Å². The number of nitrogens with one attached hydrogen (secondary N) is 1. The fraction of sp³-hybridized carbons (Fsp3) is 0.243. The van der Waals surface area contributed by atoms with Gasteiger partial charge in [0.1, 0.15) is 23.6 Å². The van der Waals surface area contributed by atoms with Gasteiger partial charge >= 0.3 is 0 Å². The minimum atomic E-state index is -0.297. The third kappa shape index (κ3) is 7.03. The van der Waals surface area contributed by atoms with E-state index in [4.69, 9.17) is 20.5 Å². The van der Waals surface area contributed by atoms with Crippen molar-refractivity contribution in [3.05, 3.63) is 119 Å². The molecule has 0 aliphatic carbocycles. The molecule has 15 nitrogen and oxygen atoms in total. The maximum Gasteiger partial charge on any atom is 0.289 e. The highest BCUT2D eigenvalue weighted by molar-refractivity contribution is 6.30. The molecule has 1 saturated heterocycles. The van der Waals surface area contributed by atoms with Crippen molar-refractivity contribution in [3.63, 3.8) is 0 Å². The number of aryl methyl sites for hydroxylation is 2. The number of halogens is 1. The Morgan fingerprint density at radius 2 is 1.70 bits per heavy atom. The molecule has 268 valence electrons. The van der Waals surface area contributed by atoms with E-state index >= 15 is 0 Å². The van der Waals surface area contributed by atoms with Gasteiger partial charge in [-0.3, -0.25) is 14.5 Å². The number of anilines is 1. The molecule has 0 spiro atoms. The lowest BCUT2D eigenvalue weighted by molar-refractivity contribution is 0.0522. The first kappa shape index (κ1) is 33.9. The third-order valence-electron chi connectivity index (χ3n) is 9.24. The Kier molecular flexibility index (Phi) is 9.02. The predicted molar refractivity (Wildman–Crippen MR) is 194 cm³/mol. The number of benzene rings is 2. The number of fused-ring (bicyclic) bond motifs is 1. The van der Waals surface area contributed by atoms with E-state index in [9.17, 15) is 9.59 Å². The Morgan fingerprint density at radius 1 is 0.943 bits per heavy atom. The Morgan fingerprint density at radius 3 is 2.47 bits per heavy atom. The van der Waals surface area contributed by atoms with Gasteiger partial charge in [-0.15, -0.1) is 5.10 Å². The van der Waals surface area contributed by atoms with Crippen LogP contribution in [0.5, 0.6) is 0 Å². The molecule has 7 aromatic rings. The van der Waals surface area contributed by atoms with Crippen molar-refractivity contribution in [1.82, 2.24) is 49.5 Å². The van der Waals surface area contributed by atoms with Gasteiger partial charge in [0, 0.05) is 59.4 Å². The third-order valence-corrected chi connectivity index (χ3v) is 9.49. The highest BCUT2D eigenvalue weighted by Gasteiger charge is 2.29. The van der Waals surface area contributed by atoms with Crippen LogP contribution < -0.4 is 5.32 Å². The van der Waals surface area contributed by atoms with E-state index in [0.29, 0.717) is 77.8 Å². The number of carbonyl (C=O) groups excluding carboxylic acids is 2. The minimum absolute atomic E-state index is 0.108. The highest BCUT2D eigenvalue weighted by Crippen LogP contribution is 2.26. The van der Waals surface area contributed by atoms with Crippen molar-refractivity contribution in [2.24, 2.45) is 0 Å². The van der Waals surface area contributed by atoms with E-state index in [2.05, 4.69) is 40.8 Å². The van der Waals surface area contributed by atoms with Crippen LogP contribution in [0, 0.1) is 13.8 Å². The number of carbonyl (C=O) groups is 2. The number of nitrogens with zero attached hydrogens (tertiary/aromatic N) is 10. The number of furan rings is 1. The SMILES string of the molecule is Cc1cc(C)n2ncc(C(=O)Nc3ccc(-c4cn(Cc5ccc(C(=O)N6CCN(C(C)c7nc(-c8ccc(Cl)cc8)no7)CC6)o5)nn4)cc3)c2n1. The van der Waals surface area contributed by atoms with Crippen molar-refractivity contribution >= 4 is 34.7 Å². The largest absolute Gasteiger partial charge is 0.454 e. The number of hydrogen-bond donors (Lipinski definition) is 1. The molecule has 0 bridgehead atoms. The highest BCUT2D eigenvalue weighted by atomic mass is 35.5. The summed E-state index contributed by atoms with van der Waals surface area (Å²) in [6.07, 6.45) is 3.32. The van der Waals surface area contributed by atoms with Gasteiger partial charge in [0.15, 0.2) is 11.4 Å². The quantitative estimate of drug-likeness (QED) is 0.193. The first-order valence-corrected chi connectivity index (χ1v) is 17.4. The molecule has 53 heavy (non-hydrogen) atoms. The summed E-state index contributed by atoms with van der Waals surface area (Å²) in [6, 6.07) is 19.9. The fourth-order valence-corrected chi connectivity index (χ4v) is 6.47. The van der Waals surface area contributed by atoms with E-state index in [1.54, 1.807) is 56.7 Å². The Bertz CT molecular complexity index is 2420. The molecule has 0 saturated carbocycles. The van der Waals surface area contributed by atoms with Crippen LogP contribution in [0.3, 0.4) is 0 Å². The number of hydrogen-bond acceptors (Lipinski definition) is 11. The molecule has 16 heteroatoms. The van der Waals surface area contributed by atoms with Crippen molar-refractivity contribution in [1.29, 1.82) is 0 Å². The van der Waals surface area contributed by atoms with Crippen molar-refractivity contribution in [3.8, 4) is 22.6 Å². The lowest BCUT2D eigenvalue weighted by Crippen LogP contribution is -2.49. The number of aromatic nitrogens is 8. The van der Waals surface area contributed by atoms with Gasteiger partial charge < -0.3 is 19.2 Å². The summed E-state index contributed by atoms with van der Waals surface area (Å²) in [5.41, 5.74) is 5.53. The standard InChI is InChI=1S/C37H34ClN11O4/c1-22-18-23(2)49-34(40-22)30(19-39-49)35(50)41-28-10-6-25(7-11-28)31-21-48(45-43-31)20-29-12-13-32(52-29)37(51)47-16-14-46(15-17-47)24(3)36-42-33(44-53-36)26-4-8-27(38)9-5-26/h4-13,18-19,21,24H,14-17,20H2,1-3H3,(H,41,50). The van der Waals surface area contributed by atoms with Gasteiger partial charge in [-0.25, -0.2) is 14.2 Å². The molecule has 1 aliphatic heterocycles. The second kappa shape index (κ2) is 14.1. The number of piperazine rings is 1. The van der Waals surface area contributed by atoms with Crippen molar-refractivity contribution in [2.75, 3.05) is 31.5 Å². The summed E-state index contributed by atoms with van der Waals surface area (Å²) in [4.78, 5) is 39.4. The molecular formula is C37H34ClN11O4. The smallest absolute Gasteiger partial charge is 0.289 e. The number of amides is 2. The Labute approximate surface area is 308 Å². The predicted octanol–water partition coefficient (Wildman–Crippen LogP) is 5.72. The molecular weight excluding hydrogens is 698 g/mol. The van der Waals surface area contributed by atoms with E-state index < -0.39 is 0 Å². The van der Waals surface area contributed by atoms with Crippen LogP contribution in [0.2, 0.25) is 5.02 Å². The van der Waals surface area contributed by atoms with Crippen molar-refractivity contribution in [2.45, 2.75) is 33.4 Å². The molecule has 1 aliphatic rings. The second-order valence-electron chi connectivity index (χ2n) is 12.9. The van der Waals surface area contributed by atoms with Crippen molar-refractivity contribution < 1.29 is 18.5 Å². The Hall–Kier alpha value is -6.19. The summed E-state index contributed by atoms with van der Waals surface area (Å²) in [6.45, 7) is 8.48. The van der Waals surface area contributed by atoms with Gasteiger partial charge in [0.05, 0.1) is 18.4 Å². The molecule has 1 atom stereocenters. The molecule has 6 heterocycles. The van der Waals surface area contributed by atoms with E-state index in [0.717, 1.165) is 22.5 Å². The van der Waals surface area contributed by atoms with Gasteiger partial charge in [-0.1, -0.05) is 34.1 Å². The molecule has 8 rings (SSSR count). The van der Waals surface area contributed by atoms with Gasteiger partial charge in [-0.2, -0.15) is 10.1 Å². The molecule has 0 radical (unpaired) electrons. The zero-order valence-corrected chi connectivity index (χ0v) is 29.9. The number of rotatable bonds is 9. The molecule has 2 amide bonds. The molecule has 1 N–H and O–H groups in total. The van der Waals surface area contributed by atoms with Crippen LogP contribution in [-0.2, 0) is 6.54 Å². The summed E-state index contributed by atoms with van der Waals surface area (Å²) in [7, 11) is 0. The summed E-state index contributed by atoms with van der Waals surface area (Å²) >= 11 is 6.00. The fourth-order valence-electron chi connectivity index (χ4n) is 6.34. The average molecular weight is 732 g/mol. The molecule has 1 fully saturated rings. The molecule has 1 unspecified atom stereocenters. The van der Waals surface area contributed by atoms with E-state index in [1.165, 1.54) is 6.20 Å². The summed E-state index contributed by atoms with van der Waals surface area (Å²) in [5, 5.41) is 20.6. The van der Waals surface area contributed by atoms with Crippen LogP contribution in [0.1, 0.15) is 56.9 Å².